The second-order valence-corrected chi connectivity index (χ2v) is 6.15. The maximum absolute atomic E-state index is 11.8. The minimum absolute atomic E-state index is 0.201. The van der Waals surface area contributed by atoms with Crippen LogP contribution >= 0.6 is 11.8 Å². The predicted octanol–water partition coefficient (Wildman–Crippen LogP) is 3.45. The van der Waals surface area contributed by atoms with Crippen LogP contribution in [0.4, 0.5) is 0 Å². The average Bonchev–Trinajstić information content (AvgIpc) is 3.07. The van der Waals surface area contributed by atoms with E-state index >= 15 is 0 Å². The molecule has 0 spiro atoms. The molecule has 0 aromatic heterocycles. The Morgan fingerprint density at radius 1 is 1.14 bits per heavy atom. The number of hydrogen-bond acceptors (Lipinski definition) is 3. The number of aliphatic imine (C=N–C) groups is 1. The minimum atomic E-state index is -0.201. The van der Waals surface area contributed by atoms with Crippen molar-refractivity contribution in [2.75, 3.05) is 6.26 Å². The van der Waals surface area contributed by atoms with E-state index in [1.807, 2.05) is 12.3 Å². The first-order chi connectivity index (χ1) is 10.7. The van der Waals surface area contributed by atoms with Crippen molar-refractivity contribution in [1.29, 1.82) is 0 Å². The molecule has 4 heteroatoms. The molecule has 3 nitrogen and oxygen atoms in total. The maximum Gasteiger partial charge on any atom is 0.295 e. The number of amides is 1. The van der Waals surface area contributed by atoms with Crippen molar-refractivity contribution in [1.82, 2.24) is 5.32 Å². The summed E-state index contributed by atoms with van der Waals surface area (Å²) in [5.41, 5.74) is 6.86. The van der Waals surface area contributed by atoms with Crippen LogP contribution in [0.15, 0.2) is 53.2 Å². The number of fused-ring (bicyclic) bond motifs is 3. The number of thioether (sulfide) groups is 1. The summed E-state index contributed by atoms with van der Waals surface area (Å²) in [6.07, 6.45) is 4.73. The van der Waals surface area contributed by atoms with E-state index in [4.69, 9.17) is 0 Å². The number of benzene rings is 2. The number of carbonyl (C=O) groups is 1. The van der Waals surface area contributed by atoms with E-state index in [9.17, 15) is 4.79 Å². The van der Waals surface area contributed by atoms with Gasteiger partial charge in [-0.1, -0.05) is 54.2 Å². The van der Waals surface area contributed by atoms with Crippen molar-refractivity contribution in [3.8, 4) is 11.1 Å². The van der Waals surface area contributed by atoms with Crippen molar-refractivity contribution >= 4 is 28.9 Å². The van der Waals surface area contributed by atoms with Gasteiger partial charge in [0.15, 0.2) is 5.17 Å². The second-order valence-electron chi connectivity index (χ2n) is 5.36. The number of rotatable bonds is 1. The second kappa shape index (κ2) is 5.14. The van der Waals surface area contributed by atoms with Crippen molar-refractivity contribution in [2.24, 2.45) is 4.99 Å². The number of nitrogens with zero attached hydrogens (tertiary/aromatic N) is 1. The smallest absolute Gasteiger partial charge is 0.295 e. The average molecular weight is 306 g/mol. The quantitative estimate of drug-likeness (QED) is 0.700. The molecule has 0 saturated carbocycles. The van der Waals surface area contributed by atoms with Gasteiger partial charge in [0.1, 0.15) is 5.70 Å². The van der Waals surface area contributed by atoms with E-state index in [2.05, 4.69) is 52.8 Å². The van der Waals surface area contributed by atoms with Crippen molar-refractivity contribution in [3.05, 3.63) is 64.9 Å². The van der Waals surface area contributed by atoms with Gasteiger partial charge in [0, 0.05) is 0 Å². The Bertz CT molecular complexity index is 852. The van der Waals surface area contributed by atoms with Crippen LogP contribution < -0.4 is 5.32 Å². The molecule has 2 aliphatic rings. The van der Waals surface area contributed by atoms with Crippen LogP contribution in [0, 0.1) is 0 Å². The predicted molar refractivity (Wildman–Crippen MR) is 91.8 cm³/mol. The zero-order valence-electron chi connectivity index (χ0n) is 12.1. The van der Waals surface area contributed by atoms with E-state index in [1.54, 1.807) is 0 Å². The van der Waals surface area contributed by atoms with E-state index in [0.717, 1.165) is 12.0 Å². The third kappa shape index (κ3) is 2.16. The zero-order chi connectivity index (χ0) is 15.1. The molecule has 0 unspecified atom stereocenters. The highest BCUT2D eigenvalue weighted by Gasteiger charge is 2.20. The van der Waals surface area contributed by atoms with Crippen LogP contribution in [0.2, 0.25) is 0 Å². The first-order valence-electron chi connectivity index (χ1n) is 7.11. The summed E-state index contributed by atoms with van der Waals surface area (Å²) in [4.78, 5) is 15.8. The van der Waals surface area contributed by atoms with Gasteiger partial charge in [0.2, 0.25) is 0 Å². The fraction of sp³-hybridized carbons (Fsp3) is 0.111. The maximum atomic E-state index is 11.8. The van der Waals surface area contributed by atoms with E-state index in [-0.39, 0.29) is 5.91 Å². The van der Waals surface area contributed by atoms with E-state index < -0.39 is 0 Å². The number of nitrogens with one attached hydrogen (secondary N) is 1. The van der Waals surface area contributed by atoms with Gasteiger partial charge in [-0.3, -0.25) is 4.79 Å². The molecule has 108 valence electrons. The van der Waals surface area contributed by atoms with Crippen molar-refractivity contribution in [3.63, 3.8) is 0 Å². The van der Waals surface area contributed by atoms with E-state index in [0.29, 0.717) is 10.9 Å². The first kappa shape index (κ1) is 13.3. The standard InChI is InChI=1S/C18H14N2OS/c1-22-18-19-16(17(21)20-18)9-11-6-7-15-13(8-11)10-12-4-2-3-5-14(12)15/h2-9H,10H2,1H3,(H,19,20,21)/b16-9-. The lowest BCUT2D eigenvalue weighted by Crippen LogP contribution is -2.14. The van der Waals surface area contributed by atoms with Crippen LogP contribution in [-0.2, 0) is 11.2 Å². The summed E-state index contributed by atoms with van der Waals surface area (Å²) in [6, 6.07) is 14.9. The Hall–Kier alpha value is -2.33. The normalized spacial score (nSPS) is 17.2. The Labute approximate surface area is 133 Å². The first-order valence-corrected chi connectivity index (χ1v) is 8.34. The summed E-state index contributed by atoms with van der Waals surface area (Å²) < 4.78 is 0. The van der Waals surface area contributed by atoms with Crippen LogP contribution in [0.3, 0.4) is 0 Å². The molecular formula is C18H14N2OS. The SMILES string of the molecule is CSC1=NC(=O)/C(=C/c2ccc3c(c2)Cc2ccccc2-3)N1. The number of carbonyl (C=O) groups excluding carboxylic acids is 1. The zero-order valence-corrected chi connectivity index (χ0v) is 12.9. The monoisotopic (exact) mass is 306 g/mol. The van der Waals surface area contributed by atoms with Crippen LogP contribution in [0.5, 0.6) is 0 Å². The molecule has 1 heterocycles. The summed E-state index contributed by atoms with van der Waals surface area (Å²) in [5.74, 6) is -0.201. The van der Waals surface area contributed by atoms with Gasteiger partial charge in [-0.2, -0.15) is 4.99 Å². The molecule has 2 aromatic carbocycles. The molecule has 4 rings (SSSR count). The molecule has 0 saturated heterocycles. The summed E-state index contributed by atoms with van der Waals surface area (Å²) in [7, 11) is 0. The Morgan fingerprint density at radius 3 is 2.77 bits per heavy atom. The van der Waals surface area contributed by atoms with Gasteiger partial charge in [-0.15, -0.1) is 0 Å². The van der Waals surface area contributed by atoms with Gasteiger partial charge in [-0.05, 0) is 46.6 Å². The van der Waals surface area contributed by atoms with Crippen molar-refractivity contribution < 1.29 is 4.79 Å². The molecule has 0 fully saturated rings. The molecule has 0 bridgehead atoms. The topological polar surface area (TPSA) is 41.5 Å². The molecular weight excluding hydrogens is 292 g/mol. The third-order valence-corrected chi connectivity index (χ3v) is 4.58. The van der Waals surface area contributed by atoms with E-state index in [1.165, 1.54) is 34.0 Å². The molecule has 2 aromatic rings. The lowest BCUT2D eigenvalue weighted by Gasteiger charge is -2.03. The lowest BCUT2D eigenvalue weighted by molar-refractivity contribution is -0.114. The summed E-state index contributed by atoms with van der Waals surface area (Å²) >= 11 is 1.44. The Morgan fingerprint density at radius 2 is 1.95 bits per heavy atom. The minimum Gasteiger partial charge on any atom is -0.330 e. The molecule has 0 radical (unpaired) electrons. The Kier molecular flexibility index (Phi) is 3.12. The van der Waals surface area contributed by atoms with Crippen LogP contribution in [0.25, 0.3) is 17.2 Å². The van der Waals surface area contributed by atoms with Crippen LogP contribution in [0.1, 0.15) is 16.7 Å². The highest BCUT2D eigenvalue weighted by Crippen LogP contribution is 2.37. The molecule has 1 N–H and O–H groups in total. The third-order valence-electron chi connectivity index (χ3n) is 4.00. The highest BCUT2D eigenvalue weighted by atomic mass is 32.2. The van der Waals surface area contributed by atoms with Gasteiger partial charge in [-0.25, -0.2) is 0 Å². The van der Waals surface area contributed by atoms with Gasteiger partial charge < -0.3 is 5.32 Å². The highest BCUT2D eigenvalue weighted by molar-refractivity contribution is 8.13. The Balaban J connectivity index is 1.67. The molecule has 1 aliphatic carbocycles. The lowest BCUT2D eigenvalue weighted by atomic mass is 10.0. The molecule has 22 heavy (non-hydrogen) atoms. The summed E-state index contributed by atoms with van der Waals surface area (Å²) in [5, 5.41) is 3.71. The van der Waals surface area contributed by atoms with Gasteiger partial charge >= 0.3 is 0 Å². The van der Waals surface area contributed by atoms with Crippen LogP contribution in [-0.4, -0.2) is 17.3 Å². The van der Waals surface area contributed by atoms with Crippen molar-refractivity contribution in [2.45, 2.75) is 6.42 Å². The fourth-order valence-electron chi connectivity index (χ4n) is 2.97. The largest absolute Gasteiger partial charge is 0.330 e. The van der Waals surface area contributed by atoms with Gasteiger partial charge in [0.05, 0.1) is 0 Å². The molecule has 0 atom stereocenters. The molecule has 1 aliphatic heterocycles. The number of hydrogen-bond donors (Lipinski definition) is 1. The summed E-state index contributed by atoms with van der Waals surface area (Å²) in [6.45, 7) is 0. The number of amidine groups is 1. The molecule has 1 amide bonds. The fourth-order valence-corrected chi connectivity index (χ4v) is 3.35. The van der Waals surface area contributed by atoms with Gasteiger partial charge in [0.25, 0.3) is 5.91 Å².